The number of benzene rings is 1. The zero-order valence-corrected chi connectivity index (χ0v) is 14.9. The molecule has 0 spiro atoms. The molecule has 0 unspecified atom stereocenters. The number of ether oxygens (including phenoxy) is 1. The Balaban J connectivity index is 1.60. The van der Waals surface area contributed by atoms with Gasteiger partial charge < -0.3 is 10.1 Å². The number of carbonyl (C=O) groups is 1. The number of nitrogens with zero attached hydrogens (tertiary/aromatic N) is 2. The number of amides is 1. The lowest BCUT2D eigenvalue weighted by Gasteiger charge is -2.19. The molecule has 1 heterocycles. The minimum absolute atomic E-state index is 0.157. The summed E-state index contributed by atoms with van der Waals surface area (Å²) in [6.45, 7) is 1.27. The number of fused-ring (bicyclic) bond motifs is 3. The van der Waals surface area contributed by atoms with Crippen molar-refractivity contribution in [3.8, 4) is 0 Å². The van der Waals surface area contributed by atoms with Crippen LogP contribution in [0.5, 0.6) is 0 Å². The molecule has 26 heavy (non-hydrogen) atoms. The van der Waals surface area contributed by atoms with Gasteiger partial charge in [0.25, 0.3) is 11.5 Å². The molecule has 1 amide bonds. The van der Waals surface area contributed by atoms with Crippen LogP contribution in [0.4, 0.5) is 0 Å². The highest BCUT2D eigenvalue weighted by Crippen LogP contribution is 2.42. The van der Waals surface area contributed by atoms with Crippen LogP contribution < -0.4 is 10.9 Å². The number of hydrogen-bond donors (Lipinski definition) is 1. The zero-order valence-electron chi connectivity index (χ0n) is 14.9. The molecule has 4 rings (SSSR count). The van der Waals surface area contributed by atoms with Gasteiger partial charge in [-0.25, -0.2) is 4.98 Å². The first-order valence-electron chi connectivity index (χ1n) is 9.12. The van der Waals surface area contributed by atoms with E-state index in [1.807, 2.05) is 6.07 Å². The number of para-hydroxylation sites is 1. The number of rotatable bonds is 6. The Morgan fingerprint density at radius 3 is 2.88 bits per heavy atom. The molecule has 1 aromatic heterocycles. The Hall–Kier alpha value is -2.47. The van der Waals surface area contributed by atoms with Gasteiger partial charge in [0.15, 0.2) is 0 Å². The number of aromatic nitrogens is 2. The van der Waals surface area contributed by atoms with E-state index in [4.69, 9.17) is 4.74 Å². The summed E-state index contributed by atoms with van der Waals surface area (Å²) in [5.74, 6) is 1.58. The third-order valence-electron chi connectivity index (χ3n) is 5.52. The van der Waals surface area contributed by atoms with Crippen LogP contribution in [-0.4, -0.2) is 35.7 Å². The van der Waals surface area contributed by atoms with Crippen molar-refractivity contribution in [2.24, 2.45) is 17.8 Å². The summed E-state index contributed by atoms with van der Waals surface area (Å²) in [5, 5.41) is 3.51. The van der Waals surface area contributed by atoms with Gasteiger partial charge in [-0.3, -0.25) is 14.2 Å². The van der Waals surface area contributed by atoms with Crippen LogP contribution in [0.1, 0.15) is 23.5 Å². The maximum absolute atomic E-state index is 12.8. The Labute approximate surface area is 151 Å². The average molecular weight is 353 g/mol. The second kappa shape index (κ2) is 7.03. The second-order valence-electron chi connectivity index (χ2n) is 7.15. The smallest absolute Gasteiger partial charge is 0.287 e. The Kier molecular flexibility index (Phi) is 4.59. The van der Waals surface area contributed by atoms with Crippen LogP contribution in [0.2, 0.25) is 0 Å². The SMILES string of the molecule is COCCn1c(C(=O)NC[C@@H]2C[C@H]3C=C[C@H]2C3)nc2ccccc2c1=O. The van der Waals surface area contributed by atoms with E-state index in [0.717, 1.165) is 6.42 Å². The molecule has 1 saturated carbocycles. The number of allylic oxidation sites excluding steroid dienone is 2. The third kappa shape index (κ3) is 3.05. The van der Waals surface area contributed by atoms with E-state index >= 15 is 0 Å². The maximum Gasteiger partial charge on any atom is 0.287 e. The molecule has 0 saturated heterocycles. The van der Waals surface area contributed by atoms with E-state index < -0.39 is 0 Å². The van der Waals surface area contributed by atoms with Crippen LogP contribution in [0.15, 0.2) is 41.2 Å². The molecular formula is C20H23N3O3. The van der Waals surface area contributed by atoms with E-state index in [-0.39, 0.29) is 17.3 Å². The Bertz CT molecular complexity index is 918. The molecule has 0 radical (unpaired) electrons. The molecular weight excluding hydrogens is 330 g/mol. The first-order valence-corrected chi connectivity index (χ1v) is 9.12. The van der Waals surface area contributed by atoms with Crippen molar-refractivity contribution in [3.05, 3.63) is 52.6 Å². The quantitative estimate of drug-likeness (QED) is 0.806. The highest BCUT2D eigenvalue weighted by molar-refractivity contribution is 5.93. The summed E-state index contributed by atoms with van der Waals surface area (Å²) < 4.78 is 6.51. The summed E-state index contributed by atoms with van der Waals surface area (Å²) in [6.07, 6.45) is 6.89. The molecule has 2 aromatic rings. The molecule has 2 aliphatic rings. The van der Waals surface area contributed by atoms with Gasteiger partial charge in [0.05, 0.1) is 24.1 Å². The van der Waals surface area contributed by atoms with Crippen LogP contribution >= 0.6 is 0 Å². The van der Waals surface area contributed by atoms with Gasteiger partial charge in [0.2, 0.25) is 5.82 Å². The van der Waals surface area contributed by atoms with Gasteiger partial charge in [0.1, 0.15) is 0 Å². The van der Waals surface area contributed by atoms with Gasteiger partial charge in [-0.15, -0.1) is 0 Å². The lowest BCUT2D eigenvalue weighted by atomic mass is 9.94. The molecule has 1 fully saturated rings. The lowest BCUT2D eigenvalue weighted by Crippen LogP contribution is -2.37. The van der Waals surface area contributed by atoms with Crippen molar-refractivity contribution in [1.29, 1.82) is 0 Å². The number of carbonyl (C=O) groups excluding carboxylic acids is 1. The highest BCUT2D eigenvalue weighted by atomic mass is 16.5. The van der Waals surface area contributed by atoms with Crippen molar-refractivity contribution in [3.63, 3.8) is 0 Å². The fourth-order valence-electron chi connectivity index (χ4n) is 4.16. The number of nitrogens with one attached hydrogen (secondary N) is 1. The minimum Gasteiger partial charge on any atom is -0.383 e. The molecule has 1 aromatic carbocycles. The standard InChI is InChI=1S/C20H23N3O3/c1-26-9-8-23-18(22-17-5-3-2-4-16(17)20(23)25)19(24)21-12-15-11-13-6-7-14(15)10-13/h2-7,13-15H,8-12H2,1H3,(H,21,24)/t13-,14-,15-/m0/s1. The first kappa shape index (κ1) is 17.0. The van der Waals surface area contributed by atoms with Gasteiger partial charge >= 0.3 is 0 Å². The van der Waals surface area contributed by atoms with Crippen LogP contribution in [0, 0.1) is 17.8 Å². The van der Waals surface area contributed by atoms with E-state index in [1.54, 1.807) is 25.3 Å². The van der Waals surface area contributed by atoms with Crippen molar-refractivity contribution < 1.29 is 9.53 Å². The van der Waals surface area contributed by atoms with Crippen LogP contribution in [0.3, 0.4) is 0 Å². The van der Waals surface area contributed by atoms with Gasteiger partial charge in [-0.1, -0.05) is 24.3 Å². The Morgan fingerprint density at radius 2 is 2.15 bits per heavy atom. The van der Waals surface area contributed by atoms with E-state index in [1.165, 1.54) is 11.0 Å². The van der Waals surface area contributed by atoms with Crippen LogP contribution in [-0.2, 0) is 11.3 Å². The predicted octanol–water partition coefficient (Wildman–Crippen LogP) is 1.98. The second-order valence-corrected chi connectivity index (χ2v) is 7.15. The molecule has 6 heteroatoms. The van der Waals surface area contributed by atoms with Crippen LogP contribution in [0.25, 0.3) is 10.9 Å². The third-order valence-corrected chi connectivity index (χ3v) is 5.52. The topological polar surface area (TPSA) is 73.2 Å². The van der Waals surface area contributed by atoms with E-state index in [2.05, 4.69) is 22.5 Å². The molecule has 2 aliphatic carbocycles. The van der Waals surface area contributed by atoms with Crippen molar-refractivity contribution >= 4 is 16.8 Å². The van der Waals surface area contributed by atoms with E-state index in [0.29, 0.717) is 48.4 Å². The average Bonchev–Trinajstić information content (AvgIpc) is 3.28. The van der Waals surface area contributed by atoms with Crippen molar-refractivity contribution in [1.82, 2.24) is 14.9 Å². The maximum atomic E-state index is 12.8. The summed E-state index contributed by atoms with van der Waals surface area (Å²) in [5.41, 5.74) is 0.333. The number of methoxy groups -OCH3 is 1. The molecule has 3 atom stereocenters. The van der Waals surface area contributed by atoms with E-state index in [9.17, 15) is 9.59 Å². The van der Waals surface area contributed by atoms with Gasteiger partial charge in [-0.05, 0) is 42.7 Å². The molecule has 136 valence electrons. The molecule has 2 bridgehead atoms. The van der Waals surface area contributed by atoms with Crippen molar-refractivity contribution in [2.45, 2.75) is 19.4 Å². The normalized spacial score (nSPS) is 23.7. The summed E-state index contributed by atoms with van der Waals surface area (Å²) >= 11 is 0. The summed E-state index contributed by atoms with van der Waals surface area (Å²) in [4.78, 5) is 30.1. The Morgan fingerprint density at radius 1 is 1.31 bits per heavy atom. The fraction of sp³-hybridized carbons (Fsp3) is 0.450. The first-order chi connectivity index (χ1) is 12.7. The highest BCUT2D eigenvalue weighted by Gasteiger charge is 2.35. The molecule has 0 aliphatic heterocycles. The van der Waals surface area contributed by atoms with Gasteiger partial charge in [-0.2, -0.15) is 0 Å². The minimum atomic E-state index is -0.296. The van der Waals surface area contributed by atoms with Crippen molar-refractivity contribution in [2.75, 3.05) is 20.3 Å². The largest absolute Gasteiger partial charge is 0.383 e. The lowest BCUT2D eigenvalue weighted by molar-refractivity contribution is 0.0925. The molecule has 6 nitrogen and oxygen atoms in total. The zero-order chi connectivity index (χ0) is 18.1. The monoisotopic (exact) mass is 353 g/mol. The summed E-state index contributed by atoms with van der Waals surface area (Å²) in [7, 11) is 1.57. The predicted molar refractivity (Wildman–Crippen MR) is 99.1 cm³/mol. The fourth-order valence-corrected chi connectivity index (χ4v) is 4.16. The molecule has 1 N–H and O–H groups in total. The number of hydrogen-bond acceptors (Lipinski definition) is 4. The van der Waals surface area contributed by atoms with Gasteiger partial charge in [0, 0.05) is 13.7 Å². The summed E-state index contributed by atoms with van der Waals surface area (Å²) in [6, 6.07) is 7.11.